The van der Waals surface area contributed by atoms with Crippen molar-refractivity contribution < 1.29 is 22.7 Å². The fourth-order valence-corrected chi connectivity index (χ4v) is 6.31. The van der Waals surface area contributed by atoms with Gasteiger partial charge in [-0.3, -0.25) is 14.2 Å². The van der Waals surface area contributed by atoms with Crippen LogP contribution in [0.25, 0.3) is 16.7 Å². The van der Waals surface area contributed by atoms with E-state index in [2.05, 4.69) is 23.7 Å². The number of pyridine rings is 1. The van der Waals surface area contributed by atoms with Crippen LogP contribution >= 0.6 is 0 Å². The lowest BCUT2D eigenvalue weighted by Gasteiger charge is -2.42. The Morgan fingerprint density at radius 1 is 1.07 bits per heavy atom. The molecule has 3 heterocycles. The third kappa shape index (κ3) is 6.94. The van der Waals surface area contributed by atoms with Gasteiger partial charge in [0, 0.05) is 31.4 Å². The van der Waals surface area contributed by atoms with Crippen molar-refractivity contribution in [3.8, 4) is 11.4 Å². The van der Waals surface area contributed by atoms with E-state index < -0.39 is 17.8 Å². The molecule has 0 spiro atoms. The number of hydrogen-bond acceptors (Lipinski definition) is 6. The number of halogens is 3. The number of alkyl halides is 3. The molecule has 0 N–H and O–H groups in total. The van der Waals surface area contributed by atoms with Crippen molar-refractivity contribution in [1.82, 2.24) is 24.3 Å². The molecule has 2 aromatic carbocycles. The lowest BCUT2D eigenvalue weighted by atomic mass is 9.97. The SMILES string of the molecule is CCOc1ccc(-n2c([C@@H](C)N(C(=O)Cc3ccc(C)c(C(F)(F)F)c3)C3CCN(C(C)C)CC3)nc3ncccc3c2=O)cc1. The topological polar surface area (TPSA) is 80.6 Å². The summed E-state index contributed by atoms with van der Waals surface area (Å²) in [6.07, 6.45) is -1.85. The first-order valence-corrected chi connectivity index (χ1v) is 15.7. The van der Waals surface area contributed by atoms with Gasteiger partial charge in [0.05, 0.1) is 35.7 Å². The molecule has 4 aromatic rings. The van der Waals surface area contributed by atoms with Gasteiger partial charge in [-0.05, 0) is 101 Å². The van der Waals surface area contributed by atoms with Gasteiger partial charge in [-0.1, -0.05) is 12.1 Å². The average Bonchev–Trinajstić information content (AvgIpc) is 3.02. The van der Waals surface area contributed by atoms with E-state index in [4.69, 9.17) is 9.72 Å². The summed E-state index contributed by atoms with van der Waals surface area (Å²) in [5, 5.41) is 0.329. The fraction of sp³-hybridized carbons (Fsp3) is 0.429. The average molecular weight is 636 g/mol. The van der Waals surface area contributed by atoms with E-state index in [-0.39, 0.29) is 40.7 Å². The Morgan fingerprint density at radius 3 is 2.39 bits per heavy atom. The molecule has 11 heteroatoms. The van der Waals surface area contributed by atoms with Crippen molar-refractivity contribution in [1.29, 1.82) is 0 Å². The van der Waals surface area contributed by atoms with Crippen molar-refractivity contribution in [2.75, 3.05) is 19.7 Å². The van der Waals surface area contributed by atoms with Crippen molar-refractivity contribution in [2.45, 2.75) is 78.2 Å². The Labute approximate surface area is 266 Å². The monoisotopic (exact) mass is 635 g/mol. The van der Waals surface area contributed by atoms with E-state index in [1.807, 2.05) is 13.8 Å². The minimum absolute atomic E-state index is 0.0993. The summed E-state index contributed by atoms with van der Waals surface area (Å²) in [7, 11) is 0. The lowest BCUT2D eigenvalue weighted by molar-refractivity contribution is -0.139. The molecule has 244 valence electrons. The van der Waals surface area contributed by atoms with E-state index in [1.54, 1.807) is 53.6 Å². The molecule has 0 saturated carbocycles. The van der Waals surface area contributed by atoms with E-state index in [0.717, 1.165) is 19.2 Å². The predicted octanol–water partition coefficient (Wildman–Crippen LogP) is 6.51. The highest BCUT2D eigenvalue weighted by molar-refractivity contribution is 5.80. The molecular weight excluding hydrogens is 595 g/mol. The molecule has 1 amide bonds. The minimum Gasteiger partial charge on any atom is -0.494 e. The molecule has 1 aliphatic heterocycles. The molecular formula is C35H40F3N5O3. The highest BCUT2D eigenvalue weighted by Crippen LogP contribution is 2.34. The molecule has 1 saturated heterocycles. The van der Waals surface area contributed by atoms with E-state index in [0.29, 0.717) is 48.1 Å². The number of piperidine rings is 1. The summed E-state index contributed by atoms with van der Waals surface area (Å²) in [6.45, 7) is 11.4. The Kier molecular flexibility index (Phi) is 9.81. The highest BCUT2D eigenvalue weighted by atomic mass is 19.4. The van der Waals surface area contributed by atoms with Crippen LogP contribution in [0.5, 0.6) is 5.75 Å². The lowest BCUT2D eigenvalue weighted by Crippen LogP contribution is -2.50. The number of nitrogens with zero attached hydrogens (tertiary/aromatic N) is 5. The van der Waals surface area contributed by atoms with Crippen LogP contribution in [0.3, 0.4) is 0 Å². The van der Waals surface area contributed by atoms with Crippen LogP contribution in [0.2, 0.25) is 0 Å². The third-order valence-corrected chi connectivity index (χ3v) is 8.74. The molecule has 1 aliphatic rings. The van der Waals surface area contributed by atoms with Gasteiger partial charge in [0.1, 0.15) is 11.6 Å². The number of carbonyl (C=O) groups is 1. The van der Waals surface area contributed by atoms with Crippen LogP contribution in [0.4, 0.5) is 13.2 Å². The second-order valence-corrected chi connectivity index (χ2v) is 12.1. The molecule has 5 rings (SSSR count). The zero-order chi connectivity index (χ0) is 33.2. The maximum atomic E-state index is 14.3. The maximum Gasteiger partial charge on any atom is 0.416 e. The van der Waals surface area contributed by atoms with Crippen LogP contribution in [-0.2, 0) is 17.4 Å². The van der Waals surface area contributed by atoms with Crippen LogP contribution in [-0.4, -0.2) is 62.0 Å². The van der Waals surface area contributed by atoms with Gasteiger partial charge in [0.15, 0.2) is 5.65 Å². The van der Waals surface area contributed by atoms with Crippen molar-refractivity contribution in [3.05, 3.63) is 93.7 Å². The summed E-state index contributed by atoms with van der Waals surface area (Å²) < 4.78 is 48.4. The Balaban J connectivity index is 1.60. The molecule has 0 bridgehead atoms. The van der Waals surface area contributed by atoms with Crippen molar-refractivity contribution in [2.24, 2.45) is 0 Å². The molecule has 0 radical (unpaired) electrons. The van der Waals surface area contributed by atoms with Crippen LogP contribution in [0, 0.1) is 6.92 Å². The largest absolute Gasteiger partial charge is 0.494 e. The quantitative estimate of drug-likeness (QED) is 0.209. The second kappa shape index (κ2) is 13.6. The van der Waals surface area contributed by atoms with Gasteiger partial charge in [-0.15, -0.1) is 0 Å². The summed E-state index contributed by atoms with van der Waals surface area (Å²) in [5.41, 5.74) is 0.0867. The molecule has 1 fully saturated rings. The maximum absolute atomic E-state index is 14.3. The molecule has 2 aromatic heterocycles. The Morgan fingerprint density at radius 2 is 1.76 bits per heavy atom. The zero-order valence-corrected chi connectivity index (χ0v) is 26.8. The molecule has 0 unspecified atom stereocenters. The van der Waals surface area contributed by atoms with Crippen LogP contribution in [0.15, 0.2) is 65.6 Å². The van der Waals surface area contributed by atoms with E-state index in [1.165, 1.54) is 17.6 Å². The predicted molar refractivity (Wildman–Crippen MR) is 171 cm³/mol. The number of carbonyl (C=O) groups excluding carboxylic acids is 1. The van der Waals surface area contributed by atoms with E-state index >= 15 is 0 Å². The second-order valence-electron chi connectivity index (χ2n) is 12.1. The van der Waals surface area contributed by atoms with Crippen LogP contribution in [0.1, 0.15) is 69.1 Å². The standard InChI is InChI=1S/C35H40F3N5O3/c1-6-46-28-13-11-26(12-14-28)43-33(40-32-29(34(43)45)8-7-17-39-32)24(5)42(27-15-18-41(19-16-27)22(2)3)31(44)21-25-10-9-23(4)30(20-25)35(36,37)38/h7-14,17,20,22,24,27H,6,15-16,18-19,21H2,1-5H3/t24-/m1/s1. The molecule has 46 heavy (non-hydrogen) atoms. The molecule has 0 aliphatic carbocycles. The van der Waals surface area contributed by atoms with E-state index in [9.17, 15) is 22.8 Å². The first-order chi connectivity index (χ1) is 21.9. The van der Waals surface area contributed by atoms with Crippen molar-refractivity contribution in [3.63, 3.8) is 0 Å². The summed E-state index contributed by atoms with van der Waals surface area (Å²) in [5.74, 6) is 0.635. The molecule has 1 atom stereocenters. The number of benzene rings is 2. The van der Waals surface area contributed by atoms with Gasteiger partial charge in [-0.2, -0.15) is 13.2 Å². The first kappa shape index (κ1) is 33.1. The number of hydrogen-bond donors (Lipinski definition) is 0. The normalized spacial score (nSPS) is 15.3. The summed E-state index contributed by atoms with van der Waals surface area (Å²) in [4.78, 5) is 41.6. The number of aromatic nitrogens is 3. The Hall–Kier alpha value is -4.25. The Bertz CT molecular complexity index is 1750. The van der Waals surface area contributed by atoms with Crippen LogP contribution < -0.4 is 10.3 Å². The van der Waals surface area contributed by atoms with Gasteiger partial charge < -0.3 is 14.5 Å². The van der Waals surface area contributed by atoms with Gasteiger partial charge in [-0.25, -0.2) is 9.97 Å². The number of likely N-dealkylation sites (tertiary alicyclic amines) is 1. The molecule has 8 nitrogen and oxygen atoms in total. The number of amides is 1. The number of rotatable bonds is 9. The first-order valence-electron chi connectivity index (χ1n) is 15.7. The zero-order valence-electron chi connectivity index (χ0n) is 26.8. The smallest absolute Gasteiger partial charge is 0.416 e. The summed E-state index contributed by atoms with van der Waals surface area (Å²) in [6, 6.07) is 13.9. The fourth-order valence-electron chi connectivity index (χ4n) is 6.31. The summed E-state index contributed by atoms with van der Waals surface area (Å²) >= 11 is 0. The van der Waals surface area contributed by atoms with Crippen molar-refractivity contribution >= 4 is 16.9 Å². The van der Waals surface area contributed by atoms with Gasteiger partial charge in [0.2, 0.25) is 5.91 Å². The number of fused-ring (bicyclic) bond motifs is 1. The number of ether oxygens (including phenoxy) is 1. The minimum atomic E-state index is -4.53. The van der Waals surface area contributed by atoms with Gasteiger partial charge >= 0.3 is 6.18 Å². The third-order valence-electron chi connectivity index (χ3n) is 8.74. The highest BCUT2D eigenvalue weighted by Gasteiger charge is 2.36. The van der Waals surface area contributed by atoms with Gasteiger partial charge in [0.25, 0.3) is 5.56 Å². The number of aryl methyl sites for hydroxylation is 1.